The fourth-order valence-electron chi connectivity index (χ4n) is 3.73. The summed E-state index contributed by atoms with van der Waals surface area (Å²) < 4.78 is 0. The zero-order valence-electron chi connectivity index (χ0n) is 12.0. The quantitative estimate of drug-likeness (QED) is 0.668. The van der Waals surface area contributed by atoms with E-state index in [-0.39, 0.29) is 0 Å². The summed E-state index contributed by atoms with van der Waals surface area (Å²) in [6.45, 7) is 2.31. The molecule has 0 bridgehead atoms. The van der Waals surface area contributed by atoms with Crippen LogP contribution in [0.15, 0.2) is 53.1 Å². The van der Waals surface area contributed by atoms with Crippen LogP contribution in [0.3, 0.4) is 0 Å². The molecule has 100 valence electrons. The van der Waals surface area contributed by atoms with E-state index < -0.39 is 0 Å². The summed E-state index contributed by atoms with van der Waals surface area (Å²) in [4.78, 5) is 0. The van der Waals surface area contributed by atoms with Crippen LogP contribution in [0.4, 0.5) is 0 Å². The Balaban J connectivity index is 1.69. The van der Waals surface area contributed by atoms with E-state index in [2.05, 4.69) is 43.3 Å². The monoisotopic (exact) mass is 252 g/mol. The van der Waals surface area contributed by atoms with Gasteiger partial charge >= 0.3 is 0 Å². The second-order valence-corrected chi connectivity index (χ2v) is 5.91. The van der Waals surface area contributed by atoms with Crippen LogP contribution >= 0.6 is 0 Å². The maximum Gasteiger partial charge on any atom is 0.00161 e. The standard InChI is InChI=1S/C19H24/c1-2-16-14-17(19-11-7-6-10-18(16)19)13-12-15-8-4-3-5-9-15/h3-5,8-9,14,19H,2,6-7,10-13H2,1H3. The van der Waals surface area contributed by atoms with Crippen LogP contribution in [0, 0.1) is 5.92 Å². The molecule has 0 aromatic heterocycles. The molecule has 1 atom stereocenters. The second-order valence-electron chi connectivity index (χ2n) is 5.91. The highest BCUT2D eigenvalue weighted by atomic mass is 14.3. The van der Waals surface area contributed by atoms with Crippen molar-refractivity contribution < 1.29 is 0 Å². The highest BCUT2D eigenvalue weighted by Crippen LogP contribution is 2.44. The van der Waals surface area contributed by atoms with Crippen LogP contribution in [0.5, 0.6) is 0 Å². The molecular formula is C19H24. The lowest BCUT2D eigenvalue weighted by Crippen LogP contribution is -2.10. The van der Waals surface area contributed by atoms with Crippen molar-refractivity contribution in [3.8, 4) is 0 Å². The molecule has 0 aliphatic heterocycles. The minimum Gasteiger partial charge on any atom is -0.0624 e. The molecule has 0 radical (unpaired) electrons. The molecule has 1 aromatic carbocycles. The molecule has 19 heavy (non-hydrogen) atoms. The minimum atomic E-state index is 0.812. The molecule has 0 saturated heterocycles. The molecule has 3 rings (SSSR count). The van der Waals surface area contributed by atoms with Crippen LogP contribution in [0.1, 0.15) is 51.0 Å². The maximum absolute atomic E-state index is 2.54. The van der Waals surface area contributed by atoms with E-state index >= 15 is 0 Å². The number of benzene rings is 1. The highest BCUT2D eigenvalue weighted by Gasteiger charge is 2.28. The predicted octanol–water partition coefficient (Wildman–Crippen LogP) is 5.46. The van der Waals surface area contributed by atoms with E-state index in [1.807, 2.05) is 0 Å². The molecule has 0 heteroatoms. The van der Waals surface area contributed by atoms with Gasteiger partial charge in [-0.15, -0.1) is 0 Å². The first-order valence-electron chi connectivity index (χ1n) is 7.84. The molecule has 0 spiro atoms. The number of rotatable bonds is 4. The molecule has 1 aromatic rings. The third-order valence-corrected chi connectivity index (χ3v) is 4.76. The summed E-state index contributed by atoms with van der Waals surface area (Å²) in [6.07, 6.45) is 11.8. The Morgan fingerprint density at radius 2 is 1.89 bits per heavy atom. The van der Waals surface area contributed by atoms with E-state index in [1.54, 1.807) is 16.7 Å². The first-order chi connectivity index (χ1) is 9.38. The van der Waals surface area contributed by atoms with Gasteiger partial charge in [0.15, 0.2) is 0 Å². The van der Waals surface area contributed by atoms with Gasteiger partial charge in [0.2, 0.25) is 0 Å². The highest BCUT2D eigenvalue weighted by molar-refractivity contribution is 5.43. The zero-order chi connectivity index (χ0) is 13.1. The number of hydrogen-bond donors (Lipinski definition) is 0. The van der Waals surface area contributed by atoms with E-state index in [1.165, 1.54) is 50.5 Å². The lowest BCUT2D eigenvalue weighted by molar-refractivity contribution is 0.495. The van der Waals surface area contributed by atoms with Gasteiger partial charge in [0.05, 0.1) is 0 Å². The Hall–Kier alpha value is -1.30. The van der Waals surface area contributed by atoms with Crippen molar-refractivity contribution in [2.24, 2.45) is 5.92 Å². The molecule has 1 unspecified atom stereocenters. The summed E-state index contributed by atoms with van der Waals surface area (Å²) in [7, 11) is 0. The molecule has 0 N–H and O–H groups in total. The summed E-state index contributed by atoms with van der Waals surface area (Å²) in [5.74, 6) is 0.812. The Morgan fingerprint density at radius 3 is 2.68 bits per heavy atom. The summed E-state index contributed by atoms with van der Waals surface area (Å²) in [5, 5.41) is 0. The van der Waals surface area contributed by atoms with Gasteiger partial charge in [0.1, 0.15) is 0 Å². The van der Waals surface area contributed by atoms with Crippen LogP contribution in [-0.2, 0) is 6.42 Å². The molecule has 2 aliphatic rings. The van der Waals surface area contributed by atoms with Crippen molar-refractivity contribution in [3.63, 3.8) is 0 Å². The SMILES string of the molecule is CCC1=C2CCCCC2C(CCc2ccccc2)=C1. The van der Waals surface area contributed by atoms with Gasteiger partial charge in [-0.1, -0.05) is 60.9 Å². The van der Waals surface area contributed by atoms with E-state index in [0.29, 0.717) is 0 Å². The normalized spacial score (nSPS) is 22.4. The first-order valence-corrected chi connectivity index (χ1v) is 7.84. The topological polar surface area (TPSA) is 0 Å². The fourth-order valence-corrected chi connectivity index (χ4v) is 3.73. The average Bonchev–Trinajstić information content (AvgIpc) is 2.84. The zero-order valence-corrected chi connectivity index (χ0v) is 12.0. The Bertz CT molecular complexity index is 490. The molecule has 0 heterocycles. The summed E-state index contributed by atoms with van der Waals surface area (Å²) >= 11 is 0. The van der Waals surface area contributed by atoms with Gasteiger partial charge in [0.25, 0.3) is 0 Å². The second kappa shape index (κ2) is 5.77. The van der Waals surface area contributed by atoms with Gasteiger partial charge in [-0.2, -0.15) is 0 Å². The maximum atomic E-state index is 2.54. The predicted molar refractivity (Wildman–Crippen MR) is 82.1 cm³/mol. The average molecular weight is 252 g/mol. The number of allylic oxidation sites excluding steroid dienone is 4. The van der Waals surface area contributed by atoms with Crippen molar-refractivity contribution in [2.45, 2.75) is 51.9 Å². The Kier molecular flexibility index (Phi) is 3.87. The van der Waals surface area contributed by atoms with Crippen molar-refractivity contribution in [2.75, 3.05) is 0 Å². The molecule has 1 fully saturated rings. The van der Waals surface area contributed by atoms with Crippen LogP contribution in [-0.4, -0.2) is 0 Å². The molecule has 0 amide bonds. The van der Waals surface area contributed by atoms with Gasteiger partial charge in [-0.25, -0.2) is 0 Å². The lowest BCUT2D eigenvalue weighted by atomic mass is 9.80. The van der Waals surface area contributed by atoms with Crippen molar-refractivity contribution in [1.29, 1.82) is 0 Å². The largest absolute Gasteiger partial charge is 0.0624 e. The third-order valence-electron chi connectivity index (χ3n) is 4.76. The lowest BCUT2D eigenvalue weighted by Gasteiger charge is -2.25. The number of aryl methyl sites for hydroxylation is 1. The molecular weight excluding hydrogens is 228 g/mol. The van der Waals surface area contributed by atoms with Gasteiger partial charge in [-0.3, -0.25) is 0 Å². The summed E-state index contributed by atoms with van der Waals surface area (Å²) in [6, 6.07) is 10.9. The van der Waals surface area contributed by atoms with Crippen LogP contribution < -0.4 is 0 Å². The molecule has 2 aliphatic carbocycles. The number of hydrogen-bond acceptors (Lipinski definition) is 0. The first kappa shape index (κ1) is 12.7. The summed E-state index contributed by atoms with van der Waals surface area (Å²) in [5.41, 5.74) is 6.64. The smallest absolute Gasteiger partial charge is 0.00161 e. The molecule has 0 nitrogen and oxygen atoms in total. The van der Waals surface area contributed by atoms with Crippen molar-refractivity contribution in [3.05, 3.63) is 58.7 Å². The number of fused-ring (bicyclic) bond motifs is 1. The fraction of sp³-hybridized carbons (Fsp3) is 0.474. The molecule has 1 saturated carbocycles. The van der Waals surface area contributed by atoms with Gasteiger partial charge in [0, 0.05) is 5.92 Å². The van der Waals surface area contributed by atoms with E-state index in [4.69, 9.17) is 0 Å². The third kappa shape index (κ3) is 2.68. The minimum absolute atomic E-state index is 0.812. The Labute approximate surface area is 117 Å². The van der Waals surface area contributed by atoms with Gasteiger partial charge in [-0.05, 0) is 49.7 Å². The van der Waals surface area contributed by atoms with E-state index in [0.717, 1.165) is 5.92 Å². The van der Waals surface area contributed by atoms with Crippen molar-refractivity contribution >= 4 is 0 Å². The van der Waals surface area contributed by atoms with Crippen LogP contribution in [0.25, 0.3) is 0 Å². The van der Waals surface area contributed by atoms with Crippen molar-refractivity contribution in [1.82, 2.24) is 0 Å². The van der Waals surface area contributed by atoms with E-state index in [9.17, 15) is 0 Å². The van der Waals surface area contributed by atoms with Gasteiger partial charge < -0.3 is 0 Å². The van der Waals surface area contributed by atoms with Crippen LogP contribution in [0.2, 0.25) is 0 Å². The Morgan fingerprint density at radius 1 is 1.05 bits per heavy atom.